The molecule has 2 aromatic rings. The minimum absolute atomic E-state index is 0.0284. The minimum atomic E-state index is -1.11. The molecule has 2 saturated heterocycles. The van der Waals surface area contributed by atoms with Gasteiger partial charge in [-0.1, -0.05) is 0 Å². The van der Waals surface area contributed by atoms with Gasteiger partial charge in [-0.3, -0.25) is 4.79 Å². The van der Waals surface area contributed by atoms with Crippen molar-refractivity contribution in [3.63, 3.8) is 0 Å². The van der Waals surface area contributed by atoms with Gasteiger partial charge in [-0.25, -0.2) is 14.3 Å². The summed E-state index contributed by atoms with van der Waals surface area (Å²) in [6.45, 7) is 0.653. The van der Waals surface area contributed by atoms with Gasteiger partial charge in [-0.15, -0.1) is 0 Å². The summed E-state index contributed by atoms with van der Waals surface area (Å²) in [6, 6.07) is 1.66. The maximum Gasteiger partial charge on any atom is 0.356 e. The van der Waals surface area contributed by atoms with E-state index in [4.69, 9.17) is 9.84 Å². The Balaban J connectivity index is 1.54. The van der Waals surface area contributed by atoms with E-state index < -0.39 is 23.0 Å². The Bertz CT molecular complexity index is 824. The highest BCUT2D eigenvalue weighted by Gasteiger charge is 2.66. The van der Waals surface area contributed by atoms with Gasteiger partial charge < -0.3 is 20.3 Å². The summed E-state index contributed by atoms with van der Waals surface area (Å²) in [6.07, 6.45) is 3.69. The lowest BCUT2D eigenvalue weighted by molar-refractivity contribution is -0.153. The Morgan fingerprint density at radius 1 is 1.39 bits per heavy atom. The van der Waals surface area contributed by atoms with Gasteiger partial charge in [0, 0.05) is 6.54 Å². The van der Waals surface area contributed by atoms with Crippen molar-refractivity contribution in [3.05, 3.63) is 24.2 Å². The van der Waals surface area contributed by atoms with Crippen LogP contribution in [0, 0.1) is 5.41 Å². The summed E-state index contributed by atoms with van der Waals surface area (Å²) in [5.74, 6) is -1.43. The summed E-state index contributed by atoms with van der Waals surface area (Å²) in [4.78, 5) is 26.5. The minimum Gasteiger partial charge on any atom is -0.481 e. The Morgan fingerprint density at radius 3 is 2.83 bits per heavy atom. The largest absolute Gasteiger partial charge is 0.481 e. The van der Waals surface area contributed by atoms with Gasteiger partial charge in [0.2, 0.25) is 0 Å². The van der Waals surface area contributed by atoms with Crippen molar-refractivity contribution in [1.82, 2.24) is 14.6 Å². The molecule has 3 N–H and O–H groups in total. The third-order valence-corrected chi connectivity index (χ3v) is 4.66. The van der Waals surface area contributed by atoms with Gasteiger partial charge in [-0.2, -0.15) is 5.10 Å². The van der Waals surface area contributed by atoms with E-state index >= 15 is 0 Å². The van der Waals surface area contributed by atoms with Crippen LogP contribution in [0.3, 0.4) is 0 Å². The van der Waals surface area contributed by atoms with E-state index in [9.17, 15) is 14.7 Å². The first-order valence-corrected chi connectivity index (χ1v) is 7.12. The maximum absolute atomic E-state index is 11.2. The van der Waals surface area contributed by atoms with Crippen molar-refractivity contribution in [2.24, 2.45) is 5.41 Å². The highest BCUT2D eigenvalue weighted by atomic mass is 16.5. The average molecular weight is 318 g/mol. The van der Waals surface area contributed by atoms with Crippen molar-refractivity contribution in [2.75, 3.05) is 18.5 Å². The first-order chi connectivity index (χ1) is 10.9. The number of fused-ring (bicyclic) bond motifs is 2. The van der Waals surface area contributed by atoms with Crippen molar-refractivity contribution in [2.45, 2.75) is 18.4 Å². The van der Waals surface area contributed by atoms with Crippen LogP contribution in [0.25, 0.3) is 5.52 Å². The molecule has 0 spiro atoms. The summed E-state index contributed by atoms with van der Waals surface area (Å²) in [7, 11) is 0. The fraction of sp³-hybridized carbons (Fsp3) is 0.429. The van der Waals surface area contributed by atoms with Crippen LogP contribution in [0.4, 0.5) is 5.82 Å². The van der Waals surface area contributed by atoms with E-state index in [1.54, 1.807) is 6.07 Å². The molecule has 1 aliphatic carbocycles. The predicted octanol–water partition coefficient (Wildman–Crippen LogP) is 0.473. The van der Waals surface area contributed by atoms with Gasteiger partial charge in [0.05, 0.1) is 30.0 Å². The number of carbonyl (C=O) groups is 2. The predicted molar refractivity (Wildman–Crippen MR) is 76.4 cm³/mol. The van der Waals surface area contributed by atoms with Crippen LogP contribution in [-0.2, 0) is 9.53 Å². The molecule has 120 valence electrons. The van der Waals surface area contributed by atoms with E-state index in [-0.39, 0.29) is 12.3 Å². The van der Waals surface area contributed by atoms with E-state index in [1.165, 1.54) is 16.9 Å². The molecule has 0 aromatic carbocycles. The van der Waals surface area contributed by atoms with Crippen molar-refractivity contribution < 1.29 is 24.5 Å². The van der Waals surface area contributed by atoms with Crippen LogP contribution >= 0.6 is 0 Å². The number of aromatic nitrogens is 3. The molecule has 0 unspecified atom stereocenters. The number of aliphatic carboxylic acids is 1. The first kappa shape index (κ1) is 13.9. The number of nitrogens with zero attached hydrogens (tertiary/aromatic N) is 3. The summed E-state index contributed by atoms with van der Waals surface area (Å²) in [5.41, 5.74) is -0.709. The second kappa shape index (κ2) is 4.42. The van der Waals surface area contributed by atoms with Crippen LogP contribution in [0.2, 0.25) is 0 Å². The van der Waals surface area contributed by atoms with E-state index in [0.29, 0.717) is 30.7 Å². The normalized spacial score (nSPS) is 28.5. The molecule has 9 nitrogen and oxygen atoms in total. The molecule has 0 radical (unpaired) electrons. The molecule has 5 rings (SSSR count). The molecule has 1 saturated carbocycles. The quantitative estimate of drug-likeness (QED) is 0.726. The van der Waals surface area contributed by atoms with Crippen LogP contribution in [0.5, 0.6) is 0 Å². The second-order valence-electron chi connectivity index (χ2n) is 6.19. The number of carboxylic acids is 2. The smallest absolute Gasteiger partial charge is 0.356 e. The van der Waals surface area contributed by atoms with Crippen molar-refractivity contribution in [1.29, 1.82) is 0 Å². The molecule has 3 fully saturated rings. The van der Waals surface area contributed by atoms with Gasteiger partial charge in [0.1, 0.15) is 5.52 Å². The zero-order valence-corrected chi connectivity index (χ0v) is 12.0. The molecule has 23 heavy (non-hydrogen) atoms. The lowest BCUT2D eigenvalue weighted by Gasteiger charge is -2.41. The topological polar surface area (TPSA) is 126 Å². The Morgan fingerprint density at radius 2 is 2.17 bits per heavy atom. The van der Waals surface area contributed by atoms with Crippen molar-refractivity contribution in [3.8, 4) is 0 Å². The number of anilines is 1. The summed E-state index contributed by atoms with van der Waals surface area (Å²) >= 11 is 0. The number of ether oxygens (including phenoxy) is 1. The molecule has 2 aromatic heterocycles. The third-order valence-electron chi connectivity index (χ3n) is 4.66. The molecule has 4 heterocycles. The summed E-state index contributed by atoms with van der Waals surface area (Å²) < 4.78 is 6.97. The average Bonchev–Trinajstić information content (AvgIpc) is 3.17. The van der Waals surface area contributed by atoms with E-state index in [1.807, 2.05) is 0 Å². The van der Waals surface area contributed by atoms with Crippen LogP contribution in [-0.4, -0.2) is 55.5 Å². The van der Waals surface area contributed by atoms with Gasteiger partial charge in [0.25, 0.3) is 0 Å². The Labute approximate surface area is 129 Å². The third kappa shape index (κ3) is 1.89. The van der Waals surface area contributed by atoms with E-state index in [0.717, 1.165) is 0 Å². The van der Waals surface area contributed by atoms with Crippen LogP contribution in [0.15, 0.2) is 18.5 Å². The summed E-state index contributed by atoms with van der Waals surface area (Å²) in [5, 5.41) is 25.5. The van der Waals surface area contributed by atoms with Crippen molar-refractivity contribution >= 4 is 23.3 Å². The molecular weight excluding hydrogens is 304 g/mol. The zero-order chi connectivity index (χ0) is 16.2. The first-order valence-electron chi connectivity index (χ1n) is 7.12. The van der Waals surface area contributed by atoms with Gasteiger partial charge in [0.15, 0.2) is 11.5 Å². The molecule has 9 heteroatoms. The number of carboxylic acid groups (broad SMARTS) is 2. The molecule has 2 aliphatic heterocycles. The van der Waals surface area contributed by atoms with Crippen LogP contribution < -0.4 is 5.32 Å². The fourth-order valence-corrected chi connectivity index (χ4v) is 3.51. The standard InChI is InChI=1S/C14H14N4O5/c19-11(20)9-3-15-10(8-1-2-17-18(8)9)16-6-14-4-13(5-14,7-23-14)12(21)22/h1-3H,4-7H2,(H,15,16)(H,19,20)(H,21,22). The molecular formula is C14H14N4O5. The lowest BCUT2D eigenvalue weighted by Crippen LogP contribution is -2.52. The molecule has 0 amide bonds. The molecule has 2 bridgehead atoms. The number of aromatic carboxylic acids is 1. The lowest BCUT2D eigenvalue weighted by atomic mass is 9.62. The SMILES string of the molecule is O=C(O)c1cnc(NCC23CC(C(=O)O)(CO2)C3)c2ccnn12. The highest BCUT2D eigenvalue weighted by Crippen LogP contribution is 2.57. The zero-order valence-electron chi connectivity index (χ0n) is 12.0. The van der Waals surface area contributed by atoms with E-state index in [2.05, 4.69) is 15.4 Å². The van der Waals surface area contributed by atoms with Crippen LogP contribution in [0.1, 0.15) is 23.3 Å². The fourth-order valence-electron chi connectivity index (χ4n) is 3.51. The Kier molecular flexibility index (Phi) is 2.68. The number of nitrogens with one attached hydrogen (secondary N) is 1. The monoisotopic (exact) mass is 318 g/mol. The number of hydrogen-bond acceptors (Lipinski definition) is 6. The maximum atomic E-state index is 11.2. The van der Waals surface area contributed by atoms with Gasteiger partial charge >= 0.3 is 11.9 Å². The highest BCUT2D eigenvalue weighted by molar-refractivity contribution is 5.87. The Hall–Kier alpha value is -2.68. The number of hydrogen-bond donors (Lipinski definition) is 3. The second-order valence-corrected chi connectivity index (χ2v) is 6.19. The molecule has 3 aliphatic rings. The van der Waals surface area contributed by atoms with Gasteiger partial charge in [-0.05, 0) is 18.9 Å². The molecule has 0 atom stereocenters. The number of rotatable bonds is 5.